The lowest BCUT2D eigenvalue weighted by Crippen LogP contribution is -2.11. The maximum Gasteiger partial charge on any atom is 0.341 e. The SMILES string of the molecule is Nc1c(Cl)c(F)nc(OCC(=O)O)c1Cl.[c]1ccccc1. The Labute approximate surface area is 130 Å². The Hall–Kier alpha value is -2.05. The molecule has 0 fully saturated rings. The van der Waals surface area contributed by atoms with Gasteiger partial charge in [-0.25, -0.2) is 4.79 Å². The van der Waals surface area contributed by atoms with Crippen LogP contribution in [-0.2, 0) is 4.79 Å². The number of aromatic nitrogens is 1. The molecular weight excluding hydrogens is 322 g/mol. The predicted molar refractivity (Wildman–Crippen MR) is 77.0 cm³/mol. The third-order valence-electron chi connectivity index (χ3n) is 1.98. The van der Waals surface area contributed by atoms with Crippen molar-refractivity contribution >= 4 is 34.9 Å². The van der Waals surface area contributed by atoms with Crippen LogP contribution in [0.3, 0.4) is 0 Å². The van der Waals surface area contributed by atoms with Crippen LogP contribution >= 0.6 is 23.2 Å². The molecule has 0 atom stereocenters. The van der Waals surface area contributed by atoms with E-state index in [-0.39, 0.29) is 10.7 Å². The second kappa shape index (κ2) is 8.28. The smallest absolute Gasteiger partial charge is 0.341 e. The fourth-order valence-corrected chi connectivity index (χ4v) is 1.45. The van der Waals surface area contributed by atoms with E-state index in [9.17, 15) is 9.18 Å². The number of hydrogen-bond acceptors (Lipinski definition) is 4. The average Bonchev–Trinajstić information content (AvgIpc) is 2.50. The van der Waals surface area contributed by atoms with E-state index in [1.54, 1.807) is 0 Å². The van der Waals surface area contributed by atoms with Crippen molar-refractivity contribution in [2.45, 2.75) is 0 Å². The van der Waals surface area contributed by atoms with Crippen molar-refractivity contribution in [1.29, 1.82) is 0 Å². The molecule has 0 unspecified atom stereocenters. The number of rotatable bonds is 3. The molecule has 111 valence electrons. The molecule has 1 heterocycles. The van der Waals surface area contributed by atoms with E-state index in [1.807, 2.05) is 30.3 Å². The zero-order valence-corrected chi connectivity index (χ0v) is 12.0. The Morgan fingerprint density at radius 3 is 2.38 bits per heavy atom. The van der Waals surface area contributed by atoms with Crippen molar-refractivity contribution in [3.05, 3.63) is 52.4 Å². The molecule has 0 spiro atoms. The number of nitrogens with two attached hydrogens (primary N) is 1. The molecule has 0 aliphatic carbocycles. The summed E-state index contributed by atoms with van der Waals surface area (Å²) in [6, 6.07) is 12.5. The molecule has 0 aliphatic heterocycles. The number of nitrogens with zero attached hydrogens (tertiary/aromatic N) is 1. The summed E-state index contributed by atoms with van der Waals surface area (Å²) in [5, 5.41) is 7.66. The van der Waals surface area contributed by atoms with Crippen LogP contribution in [0.5, 0.6) is 5.88 Å². The number of anilines is 1. The summed E-state index contributed by atoms with van der Waals surface area (Å²) in [7, 11) is 0. The van der Waals surface area contributed by atoms with Crippen LogP contribution in [0.15, 0.2) is 30.3 Å². The van der Waals surface area contributed by atoms with Gasteiger partial charge in [0.05, 0.1) is 5.69 Å². The van der Waals surface area contributed by atoms with Crippen molar-refractivity contribution in [3.8, 4) is 5.88 Å². The fourth-order valence-electron chi connectivity index (χ4n) is 1.08. The highest BCUT2D eigenvalue weighted by molar-refractivity contribution is 6.39. The summed E-state index contributed by atoms with van der Waals surface area (Å²) < 4.78 is 17.5. The highest BCUT2D eigenvalue weighted by Crippen LogP contribution is 2.35. The standard InChI is InChI=1S/C7H5Cl2FN2O3.C6H5/c8-3-5(11)4(9)7(12-6(3)10)15-1-2(13)14;1-2-4-6-5-3-1/h1H2,(H2,11,12)(H,13,14);1-5H. The average molecular weight is 332 g/mol. The van der Waals surface area contributed by atoms with Gasteiger partial charge in [0.15, 0.2) is 6.61 Å². The van der Waals surface area contributed by atoms with Gasteiger partial charge in [0.2, 0.25) is 11.8 Å². The summed E-state index contributed by atoms with van der Waals surface area (Å²) in [5.41, 5.74) is 5.07. The second-order valence-electron chi connectivity index (χ2n) is 3.51. The molecule has 0 saturated carbocycles. The van der Waals surface area contributed by atoms with E-state index in [0.717, 1.165) is 0 Å². The van der Waals surface area contributed by atoms with Gasteiger partial charge in [0, 0.05) is 0 Å². The minimum atomic E-state index is -1.25. The maximum absolute atomic E-state index is 12.9. The zero-order valence-electron chi connectivity index (χ0n) is 10.5. The van der Waals surface area contributed by atoms with Crippen LogP contribution in [0.4, 0.5) is 10.1 Å². The largest absolute Gasteiger partial charge is 0.479 e. The Morgan fingerprint density at radius 2 is 1.95 bits per heavy atom. The lowest BCUT2D eigenvalue weighted by atomic mass is 10.4. The minimum absolute atomic E-state index is 0.220. The lowest BCUT2D eigenvalue weighted by molar-refractivity contribution is -0.139. The van der Waals surface area contributed by atoms with Crippen molar-refractivity contribution in [2.75, 3.05) is 12.3 Å². The number of ether oxygens (including phenoxy) is 1. The molecule has 2 rings (SSSR count). The van der Waals surface area contributed by atoms with Crippen LogP contribution in [0, 0.1) is 12.0 Å². The number of pyridine rings is 1. The predicted octanol–water partition coefficient (Wildman–Crippen LogP) is 3.06. The Kier molecular flexibility index (Phi) is 6.71. The molecule has 0 amide bonds. The lowest BCUT2D eigenvalue weighted by Gasteiger charge is -2.07. The Bertz CT molecular complexity index is 585. The van der Waals surface area contributed by atoms with Gasteiger partial charge in [-0.2, -0.15) is 9.37 Å². The monoisotopic (exact) mass is 331 g/mol. The molecule has 1 aromatic carbocycles. The number of carboxylic acids is 1. The van der Waals surface area contributed by atoms with Crippen molar-refractivity contribution < 1.29 is 19.0 Å². The molecule has 2 aromatic rings. The molecule has 8 heteroatoms. The number of aliphatic carboxylic acids is 1. The summed E-state index contributed by atoms with van der Waals surface area (Å²) in [5.74, 6) is -2.72. The van der Waals surface area contributed by atoms with Gasteiger partial charge in [-0.15, -0.1) is 0 Å². The quantitative estimate of drug-likeness (QED) is 0.844. The zero-order chi connectivity index (χ0) is 15.8. The number of hydrogen-bond donors (Lipinski definition) is 2. The van der Waals surface area contributed by atoms with Crippen molar-refractivity contribution in [1.82, 2.24) is 4.98 Å². The minimum Gasteiger partial charge on any atom is -0.479 e. The van der Waals surface area contributed by atoms with Crippen LogP contribution < -0.4 is 10.5 Å². The summed E-state index contributed by atoms with van der Waals surface area (Å²) in [6.45, 7) is -0.701. The third-order valence-corrected chi connectivity index (χ3v) is 2.71. The van der Waals surface area contributed by atoms with Gasteiger partial charge in [-0.05, 0) is 6.07 Å². The number of halogens is 3. The van der Waals surface area contributed by atoms with E-state index in [2.05, 4.69) is 15.8 Å². The molecule has 1 aromatic heterocycles. The van der Waals surface area contributed by atoms with Gasteiger partial charge >= 0.3 is 5.97 Å². The summed E-state index contributed by atoms with van der Waals surface area (Å²) in [4.78, 5) is 13.4. The molecule has 1 radical (unpaired) electrons. The Morgan fingerprint density at radius 1 is 1.33 bits per heavy atom. The van der Waals surface area contributed by atoms with Crippen LogP contribution in [0.2, 0.25) is 10.0 Å². The van der Waals surface area contributed by atoms with Gasteiger partial charge in [0.1, 0.15) is 10.0 Å². The first kappa shape index (κ1) is 17.0. The Balaban J connectivity index is 0.000000304. The third kappa shape index (κ3) is 5.45. The second-order valence-corrected chi connectivity index (χ2v) is 4.27. The summed E-state index contributed by atoms with van der Waals surface area (Å²) >= 11 is 11.0. The maximum atomic E-state index is 12.9. The van der Waals surface area contributed by atoms with Crippen LogP contribution in [-0.4, -0.2) is 22.7 Å². The molecule has 0 saturated heterocycles. The molecule has 5 nitrogen and oxygen atoms in total. The van der Waals surface area contributed by atoms with Crippen LogP contribution in [0.1, 0.15) is 0 Å². The molecular formula is C13H10Cl2FN2O3. The van der Waals surface area contributed by atoms with Gasteiger partial charge < -0.3 is 15.6 Å². The number of benzene rings is 1. The topological polar surface area (TPSA) is 85.4 Å². The van der Waals surface area contributed by atoms with Crippen molar-refractivity contribution in [3.63, 3.8) is 0 Å². The van der Waals surface area contributed by atoms with Gasteiger partial charge in [-0.3, -0.25) is 0 Å². The molecule has 0 bridgehead atoms. The first-order valence-electron chi connectivity index (χ1n) is 5.49. The van der Waals surface area contributed by atoms with Crippen LogP contribution in [0.25, 0.3) is 0 Å². The van der Waals surface area contributed by atoms with E-state index in [0.29, 0.717) is 0 Å². The van der Waals surface area contributed by atoms with Crippen molar-refractivity contribution in [2.24, 2.45) is 0 Å². The molecule has 21 heavy (non-hydrogen) atoms. The number of carboxylic acid groups (broad SMARTS) is 1. The van der Waals surface area contributed by atoms with Gasteiger partial charge in [0.25, 0.3) is 0 Å². The van der Waals surface area contributed by atoms with E-state index in [1.165, 1.54) is 0 Å². The fraction of sp³-hybridized carbons (Fsp3) is 0.0769. The molecule has 0 aliphatic rings. The van der Waals surface area contributed by atoms with E-state index < -0.39 is 29.4 Å². The highest BCUT2D eigenvalue weighted by Gasteiger charge is 2.16. The number of nitrogen functional groups attached to an aromatic ring is 1. The first-order valence-corrected chi connectivity index (χ1v) is 6.24. The summed E-state index contributed by atoms with van der Waals surface area (Å²) in [6.07, 6.45) is 0. The van der Waals surface area contributed by atoms with E-state index in [4.69, 9.17) is 34.0 Å². The highest BCUT2D eigenvalue weighted by atomic mass is 35.5. The number of carbonyl (C=O) groups is 1. The molecule has 3 N–H and O–H groups in total. The van der Waals surface area contributed by atoms with E-state index >= 15 is 0 Å². The normalized spacial score (nSPS) is 9.48. The van der Waals surface area contributed by atoms with Gasteiger partial charge in [-0.1, -0.05) is 53.5 Å². The first-order chi connectivity index (χ1) is 9.93.